The van der Waals surface area contributed by atoms with Gasteiger partial charge in [0.25, 0.3) is 0 Å². The van der Waals surface area contributed by atoms with E-state index in [1.807, 2.05) is 0 Å². The molecule has 0 N–H and O–H groups in total. The minimum absolute atomic E-state index is 0.190. The highest BCUT2D eigenvalue weighted by Gasteiger charge is 2.39. The van der Waals surface area contributed by atoms with Gasteiger partial charge < -0.3 is 0 Å². The maximum absolute atomic E-state index is 12.8. The second-order valence-electron chi connectivity index (χ2n) is 4.49. The Bertz CT molecular complexity index is 454. The molecule has 110 valence electrons. The van der Waals surface area contributed by atoms with Crippen LogP contribution in [0.1, 0.15) is 29.6 Å². The number of Topliss-reactive ketones (excluding diaryl/α,β-unsaturated/α-hetero) is 1. The summed E-state index contributed by atoms with van der Waals surface area (Å²) >= 11 is 2.17. The first-order valence-electron chi connectivity index (χ1n) is 6.29. The number of ketones is 1. The van der Waals surface area contributed by atoms with Crippen LogP contribution in [-0.2, 0) is 0 Å². The van der Waals surface area contributed by atoms with Gasteiger partial charge in [0, 0.05) is 11.1 Å². The summed E-state index contributed by atoms with van der Waals surface area (Å²) < 4.78 is 39.4. The van der Waals surface area contributed by atoms with E-state index in [9.17, 15) is 18.0 Å². The molecule has 1 aromatic rings. The molecule has 0 aliphatic carbocycles. The highest BCUT2D eigenvalue weighted by molar-refractivity contribution is 14.1. The number of hydrogen-bond acceptors (Lipinski definition) is 1. The monoisotopic (exact) mass is 396 g/mol. The summed E-state index contributed by atoms with van der Waals surface area (Å²) in [6.45, 7) is 3.10. The molecule has 1 atom stereocenters. The first kappa shape index (κ1) is 17.2. The molecule has 0 saturated heterocycles. The lowest BCUT2D eigenvalue weighted by atomic mass is 9.86. The molecule has 0 aliphatic rings. The molecule has 0 radical (unpaired) electrons. The van der Waals surface area contributed by atoms with Crippen LogP contribution in [-0.4, -0.2) is 16.4 Å². The Labute approximate surface area is 130 Å². The Morgan fingerprint density at radius 3 is 2.30 bits per heavy atom. The van der Waals surface area contributed by atoms with E-state index in [4.69, 9.17) is 0 Å². The zero-order chi connectivity index (χ0) is 15.2. The molecule has 0 aromatic heterocycles. The quantitative estimate of drug-likeness (QED) is 0.203. The molecule has 0 bridgehead atoms. The maximum atomic E-state index is 12.8. The zero-order valence-electron chi connectivity index (χ0n) is 10.9. The molecule has 1 aromatic carbocycles. The molecule has 0 aliphatic heterocycles. The van der Waals surface area contributed by atoms with Crippen molar-refractivity contribution in [2.24, 2.45) is 5.92 Å². The number of rotatable bonds is 7. The van der Waals surface area contributed by atoms with Crippen molar-refractivity contribution in [2.75, 3.05) is 4.43 Å². The van der Waals surface area contributed by atoms with Crippen molar-refractivity contribution in [1.82, 2.24) is 0 Å². The van der Waals surface area contributed by atoms with Crippen molar-refractivity contribution in [2.45, 2.75) is 25.4 Å². The minimum Gasteiger partial charge on any atom is -0.294 e. The van der Waals surface area contributed by atoms with Crippen molar-refractivity contribution in [1.29, 1.82) is 0 Å². The minimum atomic E-state index is -4.53. The topological polar surface area (TPSA) is 17.1 Å². The lowest BCUT2D eigenvalue weighted by molar-refractivity contribution is -0.0974. The maximum Gasteiger partial charge on any atom is 0.412 e. The number of allylic oxidation sites excluding steroid dienone is 1. The van der Waals surface area contributed by atoms with Crippen LogP contribution in [0.25, 0.3) is 0 Å². The Hall–Kier alpha value is -0.850. The molecule has 1 nitrogen and oxygen atoms in total. The van der Waals surface area contributed by atoms with Gasteiger partial charge in [-0.15, -0.1) is 0 Å². The van der Waals surface area contributed by atoms with E-state index in [0.717, 1.165) is 10.8 Å². The van der Waals surface area contributed by atoms with Gasteiger partial charge in [0.1, 0.15) is 0 Å². The third-order valence-corrected chi connectivity index (χ3v) is 3.80. The van der Waals surface area contributed by atoms with Crippen LogP contribution in [0.2, 0.25) is 0 Å². The Morgan fingerprint density at radius 1 is 1.20 bits per heavy atom. The second kappa shape index (κ2) is 7.81. The molecule has 0 fully saturated rings. The van der Waals surface area contributed by atoms with Crippen molar-refractivity contribution >= 4 is 28.4 Å². The average Bonchev–Trinajstić information content (AvgIpc) is 2.42. The van der Waals surface area contributed by atoms with E-state index >= 15 is 0 Å². The van der Waals surface area contributed by atoms with E-state index in [-0.39, 0.29) is 6.42 Å². The van der Waals surface area contributed by atoms with Gasteiger partial charge in [0.2, 0.25) is 0 Å². The standard InChI is InChI=1S/C15H16F3IO/c1-11(15(16,17)18)13(9-5-6-10-19)14(20)12-7-3-2-4-8-12/h2-4,7-8,13H,1,5-6,9-10H2. The predicted molar refractivity (Wildman–Crippen MR) is 82.2 cm³/mol. The summed E-state index contributed by atoms with van der Waals surface area (Å²) in [7, 11) is 0. The van der Waals surface area contributed by atoms with E-state index in [1.165, 1.54) is 12.1 Å². The number of hydrogen-bond donors (Lipinski definition) is 0. The average molecular weight is 396 g/mol. The van der Waals surface area contributed by atoms with Crippen LogP contribution in [0, 0.1) is 5.92 Å². The van der Waals surface area contributed by atoms with Gasteiger partial charge in [0.05, 0.1) is 5.92 Å². The molecule has 20 heavy (non-hydrogen) atoms. The molecule has 0 spiro atoms. The summed E-state index contributed by atoms with van der Waals surface area (Å²) in [6.07, 6.45) is -2.96. The molecule has 5 heteroatoms. The lowest BCUT2D eigenvalue weighted by Crippen LogP contribution is -2.26. The predicted octanol–water partition coefficient (Wildman–Crippen LogP) is 5.21. The molecule has 1 rings (SSSR count). The van der Waals surface area contributed by atoms with Gasteiger partial charge in [-0.3, -0.25) is 4.79 Å². The summed E-state index contributed by atoms with van der Waals surface area (Å²) in [5.74, 6) is -1.68. The van der Waals surface area contributed by atoms with Crippen LogP contribution in [0.15, 0.2) is 42.5 Å². The third-order valence-electron chi connectivity index (χ3n) is 3.04. The number of benzene rings is 1. The third kappa shape index (κ3) is 4.92. The smallest absolute Gasteiger partial charge is 0.294 e. The van der Waals surface area contributed by atoms with Gasteiger partial charge in [-0.25, -0.2) is 0 Å². The molecular formula is C15H16F3IO. The van der Waals surface area contributed by atoms with Gasteiger partial charge >= 0.3 is 6.18 Å². The fourth-order valence-corrected chi connectivity index (χ4v) is 2.45. The first-order valence-corrected chi connectivity index (χ1v) is 7.81. The highest BCUT2D eigenvalue weighted by Crippen LogP contribution is 2.34. The van der Waals surface area contributed by atoms with E-state index < -0.39 is 23.5 Å². The van der Waals surface area contributed by atoms with E-state index in [0.29, 0.717) is 12.0 Å². The first-order chi connectivity index (χ1) is 9.38. The van der Waals surface area contributed by atoms with Gasteiger partial charge in [-0.2, -0.15) is 13.2 Å². The van der Waals surface area contributed by atoms with Crippen molar-refractivity contribution < 1.29 is 18.0 Å². The Kier molecular flexibility index (Phi) is 6.71. The largest absolute Gasteiger partial charge is 0.412 e. The van der Waals surface area contributed by atoms with Crippen LogP contribution in [0.5, 0.6) is 0 Å². The number of carbonyl (C=O) groups is 1. The van der Waals surface area contributed by atoms with E-state index in [1.54, 1.807) is 18.2 Å². The zero-order valence-corrected chi connectivity index (χ0v) is 13.1. The van der Waals surface area contributed by atoms with Gasteiger partial charge in [-0.05, 0) is 17.3 Å². The fraction of sp³-hybridized carbons (Fsp3) is 0.400. The Morgan fingerprint density at radius 2 is 1.80 bits per heavy atom. The number of carbonyl (C=O) groups excluding carboxylic acids is 1. The summed E-state index contributed by atoms with van der Waals surface area (Å²) in [4.78, 5) is 12.3. The highest BCUT2D eigenvalue weighted by atomic mass is 127. The summed E-state index contributed by atoms with van der Waals surface area (Å²) in [5.41, 5.74) is -0.641. The number of alkyl halides is 4. The normalized spacial score (nSPS) is 13.0. The molecule has 0 amide bonds. The second-order valence-corrected chi connectivity index (χ2v) is 5.57. The molecule has 1 unspecified atom stereocenters. The van der Waals surface area contributed by atoms with Crippen molar-refractivity contribution in [3.05, 3.63) is 48.0 Å². The SMILES string of the molecule is C=C(C(CCCCI)C(=O)c1ccccc1)C(F)(F)F. The van der Waals surface area contributed by atoms with Crippen LogP contribution in [0.3, 0.4) is 0 Å². The van der Waals surface area contributed by atoms with Gasteiger partial charge in [0.15, 0.2) is 5.78 Å². The van der Waals surface area contributed by atoms with Crippen LogP contribution in [0.4, 0.5) is 13.2 Å². The van der Waals surface area contributed by atoms with Crippen LogP contribution < -0.4 is 0 Å². The summed E-state index contributed by atoms with van der Waals surface area (Å²) in [5, 5.41) is 0. The lowest BCUT2D eigenvalue weighted by Gasteiger charge is -2.20. The van der Waals surface area contributed by atoms with E-state index in [2.05, 4.69) is 29.2 Å². The summed E-state index contributed by atoms with van der Waals surface area (Å²) in [6, 6.07) is 8.09. The number of halogens is 4. The molecular weight excluding hydrogens is 380 g/mol. The fourth-order valence-electron chi connectivity index (χ4n) is 1.91. The van der Waals surface area contributed by atoms with Crippen molar-refractivity contribution in [3.63, 3.8) is 0 Å². The van der Waals surface area contributed by atoms with Crippen LogP contribution >= 0.6 is 22.6 Å². The Balaban J connectivity index is 2.92. The molecule has 0 heterocycles. The molecule has 0 saturated carbocycles. The number of unbranched alkanes of at least 4 members (excludes halogenated alkanes) is 1. The van der Waals surface area contributed by atoms with Crippen molar-refractivity contribution in [3.8, 4) is 0 Å². The van der Waals surface area contributed by atoms with Gasteiger partial charge in [-0.1, -0.05) is 65.9 Å².